The normalized spacial score (nSPS) is 28.0. The molecule has 6 heteroatoms. The van der Waals surface area contributed by atoms with Crippen LogP contribution in [0.1, 0.15) is 43.2 Å². The zero-order chi connectivity index (χ0) is 18.1. The van der Waals surface area contributed by atoms with Gasteiger partial charge in [0, 0.05) is 43.7 Å². The summed E-state index contributed by atoms with van der Waals surface area (Å²) in [6, 6.07) is 9.74. The van der Waals surface area contributed by atoms with Gasteiger partial charge in [0.2, 0.25) is 0 Å². The minimum atomic E-state index is -0.916. The lowest BCUT2D eigenvalue weighted by Crippen LogP contribution is -2.58. The number of nitrogens with zero attached hydrogens (tertiary/aromatic N) is 3. The van der Waals surface area contributed by atoms with Crippen LogP contribution >= 0.6 is 0 Å². The van der Waals surface area contributed by atoms with Crippen molar-refractivity contribution in [3.8, 4) is 0 Å². The summed E-state index contributed by atoms with van der Waals surface area (Å²) < 4.78 is 7.28. The number of benzene rings is 1. The Labute approximate surface area is 153 Å². The van der Waals surface area contributed by atoms with Gasteiger partial charge in [0.25, 0.3) is 0 Å². The van der Waals surface area contributed by atoms with E-state index < -0.39 is 5.60 Å². The first kappa shape index (κ1) is 17.1. The van der Waals surface area contributed by atoms with Gasteiger partial charge in [-0.25, -0.2) is 4.79 Å². The molecule has 1 aromatic heterocycles. The minimum absolute atomic E-state index is 0.0102. The summed E-state index contributed by atoms with van der Waals surface area (Å²) in [5.74, 6) is 0. The van der Waals surface area contributed by atoms with Gasteiger partial charge in [-0.05, 0) is 24.8 Å². The lowest BCUT2D eigenvalue weighted by atomic mass is 9.73. The maximum Gasteiger partial charge on any atom is 0.410 e. The fraction of sp³-hybridized carbons (Fsp3) is 0.500. The molecule has 0 aliphatic carbocycles. The van der Waals surface area contributed by atoms with Crippen molar-refractivity contribution in [3.05, 3.63) is 53.9 Å². The molecule has 26 heavy (non-hydrogen) atoms. The summed E-state index contributed by atoms with van der Waals surface area (Å²) in [6.07, 6.45) is 7.31. The molecule has 2 saturated heterocycles. The van der Waals surface area contributed by atoms with Crippen LogP contribution in [0.25, 0.3) is 0 Å². The summed E-state index contributed by atoms with van der Waals surface area (Å²) in [4.78, 5) is 14.6. The Bertz CT molecular complexity index is 760. The van der Waals surface area contributed by atoms with Crippen LogP contribution in [0.3, 0.4) is 0 Å². The fourth-order valence-corrected chi connectivity index (χ4v) is 4.42. The highest BCUT2D eigenvalue weighted by Crippen LogP contribution is 2.44. The molecule has 2 aliphatic rings. The van der Waals surface area contributed by atoms with E-state index in [1.54, 1.807) is 10.9 Å². The number of ether oxygens (including phenoxy) is 1. The first-order valence-electron chi connectivity index (χ1n) is 9.26. The molecule has 2 atom stereocenters. The predicted octanol–water partition coefficient (Wildman–Crippen LogP) is 2.96. The van der Waals surface area contributed by atoms with Crippen molar-refractivity contribution >= 4 is 6.09 Å². The van der Waals surface area contributed by atoms with Crippen molar-refractivity contribution in [3.63, 3.8) is 0 Å². The zero-order valence-electron chi connectivity index (χ0n) is 15.0. The lowest BCUT2D eigenvalue weighted by Gasteiger charge is -2.51. The molecule has 0 spiro atoms. The van der Waals surface area contributed by atoms with Gasteiger partial charge in [0.1, 0.15) is 6.61 Å². The van der Waals surface area contributed by atoms with E-state index in [9.17, 15) is 9.90 Å². The van der Waals surface area contributed by atoms with Crippen LogP contribution in [0.2, 0.25) is 0 Å². The van der Waals surface area contributed by atoms with Gasteiger partial charge >= 0.3 is 6.09 Å². The van der Waals surface area contributed by atoms with Gasteiger partial charge in [0.05, 0.1) is 11.8 Å². The largest absolute Gasteiger partial charge is 0.445 e. The van der Waals surface area contributed by atoms with Crippen molar-refractivity contribution in [2.75, 3.05) is 0 Å². The monoisotopic (exact) mass is 355 g/mol. The SMILES string of the molecule is Cn1cc(C2(O)CC3CCCC(C2)N3C(=O)OCc2ccccc2)cn1. The molecule has 4 rings (SSSR count). The van der Waals surface area contributed by atoms with Crippen LogP contribution in [-0.4, -0.2) is 38.0 Å². The van der Waals surface area contributed by atoms with Gasteiger partial charge in [0.15, 0.2) is 0 Å². The summed E-state index contributed by atoms with van der Waals surface area (Å²) in [7, 11) is 1.85. The van der Waals surface area contributed by atoms with Crippen molar-refractivity contribution < 1.29 is 14.6 Å². The quantitative estimate of drug-likeness (QED) is 0.919. The lowest BCUT2D eigenvalue weighted by molar-refractivity contribution is -0.0896. The molecule has 2 unspecified atom stereocenters. The average Bonchev–Trinajstić information content (AvgIpc) is 3.07. The van der Waals surface area contributed by atoms with E-state index in [0.717, 1.165) is 30.4 Å². The topological polar surface area (TPSA) is 67.6 Å². The highest BCUT2D eigenvalue weighted by Gasteiger charge is 2.49. The number of aryl methyl sites for hydroxylation is 1. The Balaban J connectivity index is 1.47. The third kappa shape index (κ3) is 3.21. The van der Waals surface area contributed by atoms with Gasteiger partial charge in [-0.2, -0.15) is 5.10 Å². The molecule has 1 N–H and O–H groups in total. The van der Waals surface area contributed by atoms with Crippen LogP contribution in [0, 0.1) is 0 Å². The Hall–Kier alpha value is -2.34. The molecule has 2 aliphatic heterocycles. The van der Waals surface area contributed by atoms with E-state index in [1.165, 1.54) is 0 Å². The van der Waals surface area contributed by atoms with E-state index in [-0.39, 0.29) is 24.8 Å². The van der Waals surface area contributed by atoms with Gasteiger partial charge in [-0.1, -0.05) is 30.3 Å². The maximum atomic E-state index is 12.7. The van der Waals surface area contributed by atoms with Crippen LogP contribution in [-0.2, 0) is 24.0 Å². The third-order valence-corrected chi connectivity index (χ3v) is 5.67. The summed E-state index contributed by atoms with van der Waals surface area (Å²) in [5, 5.41) is 15.4. The Morgan fingerprint density at radius 2 is 1.96 bits per heavy atom. The standard InChI is InChI=1S/C20H25N3O3/c1-22-13-16(12-21-22)20(25)10-17-8-5-9-18(11-20)23(17)19(24)26-14-15-6-3-2-4-7-15/h2-4,6-7,12-13,17-18,25H,5,8-11,14H2,1H3. The first-order chi connectivity index (χ1) is 12.5. The number of hydrogen-bond donors (Lipinski definition) is 1. The van der Waals surface area contributed by atoms with E-state index in [1.807, 2.05) is 48.5 Å². The molecule has 0 radical (unpaired) electrons. The number of carbonyl (C=O) groups is 1. The van der Waals surface area contributed by atoms with Crippen molar-refractivity contribution in [1.82, 2.24) is 14.7 Å². The van der Waals surface area contributed by atoms with E-state index in [0.29, 0.717) is 12.8 Å². The van der Waals surface area contributed by atoms with E-state index >= 15 is 0 Å². The molecule has 2 bridgehead atoms. The number of piperidine rings is 2. The second kappa shape index (κ2) is 6.76. The molecule has 138 valence electrons. The number of rotatable bonds is 3. The maximum absolute atomic E-state index is 12.7. The van der Waals surface area contributed by atoms with Crippen molar-refractivity contribution in [2.24, 2.45) is 7.05 Å². The molecule has 0 saturated carbocycles. The second-order valence-corrected chi connectivity index (χ2v) is 7.53. The van der Waals surface area contributed by atoms with Crippen LogP contribution < -0.4 is 0 Å². The third-order valence-electron chi connectivity index (χ3n) is 5.67. The van der Waals surface area contributed by atoms with E-state index in [4.69, 9.17) is 4.74 Å². The molecular formula is C20H25N3O3. The molecule has 2 aromatic rings. The Morgan fingerprint density at radius 3 is 2.58 bits per heavy atom. The number of amides is 1. The zero-order valence-corrected chi connectivity index (χ0v) is 15.0. The van der Waals surface area contributed by atoms with E-state index in [2.05, 4.69) is 5.10 Å². The highest BCUT2D eigenvalue weighted by molar-refractivity contribution is 5.69. The Kier molecular flexibility index (Phi) is 4.44. The van der Waals surface area contributed by atoms with Crippen LogP contribution in [0.4, 0.5) is 4.79 Å². The highest BCUT2D eigenvalue weighted by atomic mass is 16.6. The van der Waals surface area contributed by atoms with Gasteiger partial charge < -0.3 is 14.7 Å². The number of fused-ring (bicyclic) bond motifs is 2. The molecule has 1 amide bonds. The predicted molar refractivity (Wildman–Crippen MR) is 96.2 cm³/mol. The van der Waals surface area contributed by atoms with Crippen molar-refractivity contribution in [1.29, 1.82) is 0 Å². The summed E-state index contributed by atoms with van der Waals surface area (Å²) >= 11 is 0. The van der Waals surface area contributed by atoms with Gasteiger partial charge in [-0.15, -0.1) is 0 Å². The number of hydrogen-bond acceptors (Lipinski definition) is 4. The molecule has 1 aromatic carbocycles. The smallest absolute Gasteiger partial charge is 0.410 e. The summed E-state index contributed by atoms with van der Waals surface area (Å²) in [6.45, 7) is 0.280. The number of aliphatic hydroxyl groups is 1. The molecule has 3 heterocycles. The molecule has 2 fully saturated rings. The number of carbonyl (C=O) groups excluding carboxylic acids is 1. The average molecular weight is 355 g/mol. The first-order valence-corrected chi connectivity index (χ1v) is 9.26. The fourth-order valence-electron chi connectivity index (χ4n) is 4.42. The molecule has 6 nitrogen and oxygen atoms in total. The van der Waals surface area contributed by atoms with Crippen molar-refractivity contribution in [2.45, 2.75) is 56.4 Å². The minimum Gasteiger partial charge on any atom is -0.445 e. The second-order valence-electron chi connectivity index (χ2n) is 7.53. The summed E-state index contributed by atoms with van der Waals surface area (Å²) in [5.41, 5.74) is 0.907. The molecular weight excluding hydrogens is 330 g/mol. The number of aromatic nitrogens is 2. The van der Waals surface area contributed by atoms with Gasteiger partial charge in [-0.3, -0.25) is 4.68 Å². The van der Waals surface area contributed by atoms with Crippen LogP contribution in [0.15, 0.2) is 42.7 Å². The van der Waals surface area contributed by atoms with Crippen LogP contribution in [0.5, 0.6) is 0 Å². The Morgan fingerprint density at radius 1 is 1.27 bits per heavy atom.